The summed E-state index contributed by atoms with van der Waals surface area (Å²) in [6.07, 6.45) is 11.1. The number of allylic oxidation sites excluding steroid dienone is 2. The van der Waals surface area contributed by atoms with Crippen LogP contribution in [-0.4, -0.2) is 16.5 Å². The van der Waals surface area contributed by atoms with Gasteiger partial charge in [0.25, 0.3) is 0 Å². The van der Waals surface area contributed by atoms with Gasteiger partial charge in [-0.1, -0.05) is 38.1 Å². The molecule has 2 unspecified atom stereocenters. The van der Waals surface area contributed by atoms with Crippen LogP contribution in [-0.2, 0) is 12.8 Å². The molecule has 0 amide bonds. The average molecular weight is 471 g/mol. The molecule has 3 aromatic rings. The summed E-state index contributed by atoms with van der Waals surface area (Å²) < 4.78 is 14.7. The third-order valence-electron chi connectivity index (χ3n) is 7.60. The van der Waals surface area contributed by atoms with Crippen LogP contribution in [0.2, 0.25) is 0 Å². The number of hydrogen-bond donors (Lipinski definition) is 3. The number of fused-ring (bicyclic) bond motifs is 3. The van der Waals surface area contributed by atoms with Crippen LogP contribution in [0.1, 0.15) is 68.3 Å². The van der Waals surface area contributed by atoms with Crippen LogP contribution in [0.4, 0.5) is 15.8 Å². The molecular formula is C30H35FN4. The van der Waals surface area contributed by atoms with Crippen molar-refractivity contribution in [2.24, 2.45) is 5.92 Å². The number of aryl methyl sites for hydroxylation is 1. The zero-order chi connectivity index (χ0) is 24.5. The van der Waals surface area contributed by atoms with E-state index in [2.05, 4.69) is 53.2 Å². The van der Waals surface area contributed by atoms with Gasteiger partial charge >= 0.3 is 0 Å². The molecule has 0 saturated heterocycles. The summed E-state index contributed by atoms with van der Waals surface area (Å²) in [5.41, 5.74) is 10.5. The summed E-state index contributed by atoms with van der Waals surface area (Å²) in [6, 6.07) is 7.36. The van der Waals surface area contributed by atoms with Crippen molar-refractivity contribution in [2.75, 3.05) is 11.9 Å². The minimum atomic E-state index is -0.180. The van der Waals surface area contributed by atoms with E-state index in [1.165, 1.54) is 22.9 Å². The van der Waals surface area contributed by atoms with E-state index in [-0.39, 0.29) is 5.82 Å². The Morgan fingerprint density at radius 3 is 2.89 bits per heavy atom. The number of aromatic nitrogens is 2. The molecule has 0 fully saturated rings. The molecular weight excluding hydrogens is 435 g/mol. The first-order valence-corrected chi connectivity index (χ1v) is 12.8. The van der Waals surface area contributed by atoms with Crippen molar-refractivity contribution in [3.63, 3.8) is 0 Å². The van der Waals surface area contributed by atoms with Crippen LogP contribution in [0.3, 0.4) is 0 Å². The van der Waals surface area contributed by atoms with Gasteiger partial charge in [0, 0.05) is 58.6 Å². The molecule has 2 aromatic heterocycles. The number of H-pyrrole nitrogens is 1. The summed E-state index contributed by atoms with van der Waals surface area (Å²) in [7, 11) is 0. The third kappa shape index (κ3) is 4.40. The van der Waals surface area contributed by atoms with Crippen molar-refractivity contribution >= 4 is 17.1 Å². The fraction of sp³-hybridized carbons (Fsp3) is 0.367. The van der Waals surface area contributed by atoms with Gasteiger partial charge in [0.2, 0.25) is 0 Å². The zero-order valence-electron chi connectivity index (χ0n) is 21.0. The van der Waals surface area contributed by atoms with Gasteiger partial charge in [0.1, 0.15) is 5.82 Å². The van der Waals surface area contributed by atoms with Crippen molar-refractivity contribution < 1.29 is 4.39 Å². The first-order chi connectivity index (χ1) is 17.0. The Kier molecular flexibility index (Phi) is 6.50. The quantitative estimate of drug-likeness (QED) is 0.346. The normalized spacial score (nSPS) is 21.1. The Morgan fingerprint density at radius 1 is 1.23 bits per heavy atom. The lowest BCUT2D eigenvalue weighted by Gasteiger charge is -2.27. The van der Waals surface area contributed by atoms with E-state index in [4.69, 9.17) is 0 Å². The van der Waals surface area contributed by atoms with Gasteiger partial charge in [-0.25, -0.2) is 4.39 Å². The highest BCUT2D eigenvalue weighted by molar-refractivity contribution is 5.92. The maximum atomic E-state index is 14.7. The molecule has 5 rings (SSSR count). The number of pyridine rings is 1. The van der Waals surface area contributed by atoms with E-state index in [1.54, 1.807) is 6.07 Å². The minimum absolute atomic E-state index is 0.180. The summed E-state index contributed by atoms with van der Waals surface area (Å²) in [5.74, 6) is 0.681. The molecule has 0 spiro atoms. The molecule has 182 valence electrons. The predicted molar refractivity (Wildman–Crippen MR) is 143 cm³/mol. The standard InChI is InChI=1S/C30H35FN4/c1-5-20-10-11-21-16-32-13-12-24(21)29-30(34-26-9-7-8-25(31)23(26)6-2)27-19(4)33-17-22(28(27)35-29)15-18(3)14-20/h7-9,12-14,16,20,22,33-35H,4-6,10-11,15,17H2,1-3H3/b18-14+. The smallest absolute Gasteiger partial charge is 0.128 e. The number of rotatable bonds is 4. The predicted octanol–water partition coefficient (Wildman–Crippen LogP) is 7.49. The third-order valence-corrected chi connectivity index (χ3v) is 7.60. The number of anilines is 2. The molecule has 0 aliphatic carbocycles. The number of halogens is 1. The van der Waals surface area contributed by atoms with E-state index in [0.717, 1.165) is 66.1 Å². The van der Waals surface area contributed by atoms with Gasteiger partial charge in [-0.3, -0.25) is 4.98 Å². The van der Waals surface area contributed by atoms with Crippen molar-refractivity contribution in [2.45, 2.75) is 58.8 Å². The maximum Gasteiger partial charge on any atom is 0.128 e. The number of aromatic amines is 1. The van der Waals surface area contributed by atoms with E-state index < -0.39 is 0 Å². The van der Waals surface area contributed by atoms with Gasteiger partial charge < -0.3 is 15.6 Å². The van der Waals surface area contributed by atoms with Crippen LogP contribution in [0.25, 0.3) is 17.0 Å². The minimum Gasteiger partial charge on any atom is -0.384 e. The van der Waals surface area contributed by atoms with Crippen LogP contribution >= 0.6 is 0 Å². The second-order valence-electron chi connectivity index (χ2n) is 9.92. The SMILES string of the molecule is C=C1NCC2C/C(C)=C/C(CC)CCc3cnccc3-c3[nH]c2c1c3Nc1cccc(F)c1CC. The maximum absolute atomic E-state index is 14.7. The lowest BCUT2D eigenvalue weighted by Crippen LogP contribution is -2.27. The highest BCUT2D eigenvalue weighted by atomic mass is 19.1. The largest absolute Gasteiger partial charge is 0.384 e. The fourth-order valence-electron chi connectivity index (χ4n) is 5.72. The van der Waals surface area contributed by atoms with Gasteiger partial charge in [0.15, 0.2) is 0 Å². The second kappa shape index (κ2) is 9.73. The van der Waals surface area contributed by atoms with Gasteiger partial charge in [0.05, 0.1) is 11.4 Å². The molecule has 5 heteroatoms. The molecule has 2 aliphatic heterocycles. The van der Waals surface area contributed by atoms with Crippen molar-refractivity contribution in [3.05, 3.63) is 83.1 Å². The Hall–Kier alpha value is -3.34. The van der Waals surface area contributed by atoms with Crippen LogP contribution in [0, 0.1) is 11.7 Å². The van der Waals surface area contributed by atoms with Crippen molar-refractivity contribution in [1.29, 1.82) is 0 Å². The Morgan fingerprint density at radius 2 is 2.09 bits per heavy atom. The van der Waals surface area contributed by atoms with E-state index in [0.29, 0.717) is 23.8 Å². The van der Waals surface area contributed by atoms with Gasteiger partial charge in [-0.2, -0.15) is 0 Å². The molecule has 2 bridgehead atoms. The second-order valence-corrected chi connectivity index (χ2v) is 9.92. The van der Waals surface area contributed by atoms with E-state index in [9.17, 15) is 4.39 Å². The summed E-state index contributed by atoms with van der Waals surface area (Å²) in [4.78, 5) is 8.28. The summed E-state index contributed by atoms with van der Waals surface area (Å²) in [6.45, 7) is 11.7. The van der Waals surface area contributed by atoms with Crippen molar-refractivity contribution in [3.8, 4) is 11.3 Å². The highest BCUT2D eigenvalue weighted by Gasteiger charge is 2.31. The fourth-order valence-corrected chi connectivity index (χ4v) is 5.72. The molecule has 4 nitrogen and oxygen atoms in total. The average Bonchev–Trinajstić information content (AvgIpc) is 3.23. The molecule has 2 atom stereocenters. The molecule has 35 heavy (non-hydrogen) atoms. The first-order valence-electron chi connectivity index (χ1n) is 12.8. The number of benzene rings is 1. The molecule has 1 aromatic carbocycles. The zero-order valence-corrected chi connectivity index (χ0v) is 21.0. The van der Waals surface area contributed by atoms with E-state index >= 15 is 0 Å². The Bertz CT molecular complexity index is 1290. The molecule has 3 N–H and O–H groups in total. The molecule has 4 heterocycles. The Labute approximate surface area is 207 Å². The topological polar surface area (TPSA) is 52.7 Å². The Balaban J connectivity index is 1.73. The van der Waals surface area contributed by atoms with Crippen molar-refractivity contribution in [1.82, 2.24) is 15.3 Å². The van der Waals surface area contributed by atoms with Crippen LogP contribution in [0.15, 0.2) is 54.9 Å². The monoisotopic (exact) mass is 470 g/mol. The molecule has 0 radical (unpaired) electrons. The van der Waals surface area contributed by atoms with Gasteiger partial charge in [-0.15, -0.1) is 0 Å². The summed E-state index contributed by atoms with van der Waals surface area (Å²) >= 11 is 0. The number of nitrogens with zero attached hydrogens (tertiary/aromatic N) is 1. The van der Waals surface area contributed by atoms with Crippen LogP contribution in [0.5, 0.6) is 0 Å². The molecule has 0 saturated carbocycles. The van der Waals surface area contributed by atoms with Gasteiger partial charge in [-0.05, 0) is 68.7 Å². The number of hydrogen-bond acceptors (Lipinski definition) is 3. The highest BCUT2D eigenvalue weighted by Crippen LogP contribution is 2.45. The van der Waals surface area contributed by atoms with Crippen LogP contribution < -0.4 is 10.6 Å². The lowest BCUT2D eigenvalue weighted by molar-refractivity contribution is 0.557. The first kappa shape index (κ1) is 23.4. The number of nitrogens with one attached hydrogen (secondary N) is 3. The van der Waals surface area contributed by atoms with E-state index in [1.807, 2.05) is 25.4 Å². The molecule has 2 aliphatic rings. The summed E-state index contributed by atoms with van der Waals surface area (Å²) in [5, 5.41) is 7.20. The lowest BCUT2D eigenvalue weighted by atomic mass is 9.88.